The third-order valence-electron chi connectivity index (χ3n) is 4.48. The molecule has 2 unspecified atom stereocenters. The second-order valence-electron chi connectivity index (χ2n) is 6.01. The molecule has 0 saturated heterocycles. The van der Waals surface area contributed by atoms with Crippen LogP contribution in [0.25, 0.3) is 11.3 Å². The van der Waals surface area contributed by atoms with E-state index in [1.54, 1.807) is 24.4 Å². The molecule has 1 fully saturated rings. The molecule has 0 radical (unpaired) electrons. The Hall–Kier alpha value is -3.40. The zero-order chi connectivity index (χ0) is 17.6. The molecule has 1 aromatic carbocycles. The number of hydrogen-bond donors (Lipinski definition) is 2. The van der Waals surface area contributed by atoms with Gasteiger partial charge in [0.1, 0.15) is 11.9 Å². The number of nitrogens with zero attached hydrogens (tertiary/aromatic N) is 3. The summed E-state index contributed by atoms with van der Waals surface area (Å²) in [6.07, 6.45) is 3.72. The molecule has 0 bridgehead atoms. The van der Waals surface area contributed by atoms with E-state index in [0.29, 0.717) is 11.3 Å². The normalized spacial score (nSPS) is 18.7. The molecule has 2 atom stereocenters. The van der Waals surface area contributed by atoms with Crippen LogP contribution in [-0.2, 0) is 0 Å². The SMILES string of the molecule is N#Cc1ccc(-c2ccc(C3CC3n3c(O)c[nH]c3=O)cn2)cc1F. The highest BCUT2D eigenvalue weighted by Gasteiger charge is 2.42. The van der Waals surface area contributed by atoms with Crippen molar-refractivity contribution in [3.8, 4) is 23.2 Å². The molecule has 6 nitrogen and oxygen atoms in total. The van der Waals surface area contributed by atoms with Crippen LogP contribution in [0.1, 0.15) is 29.5 Å². The standard InChI is InChI=1S/C18H13FN4O2/c19-14-5-10(1-2-11(14)7-20)15-4-3-12(8-21-15)13-6-16(13)23-17(24)9-22-18(23)25/h1-5,8-9,13,16,24H,6H2,(H,22,25). The number of hydrogen-bond acceptors (Lipinski definition) is 4. The molecule has 4 rings (SSSR count). The van der Waals surface area contributed by atoms with Crippen molar-refractivity contribution in [3.63, 3.8) is 0 Å². The number of nitrogens with one attached hydrogen (secondary N) is 1. The molecule has 2 aromatic heterocycles. The van der Waals surface area contributed by atoms with Gasteiger partial charge in [0, 0.05) is 23.7 Å². The van der Waals surface area contributed by atoms with Gasteiger partial charge in [-0.3, -0.25) is 9.55 Å². The smallest absolute Gasteiger partial charge is 0.328 e. The van der Waals surface area contributed by atoms with E-state index in [1.165, 1.54) is 22.9 Å². The number of aromatic hydroxyl groups is 1. The number of benzene rings is 1. The van der Waals surface area contributed by atoms with Gasteiger partial charge in [0.15, 0.2) is 0 Å². The molecular formula is C18H13FN4O2. The first-order chi connectivity index (χ1) is 12.1. The average Bonchev–Trinajstić information content (AvgIpc) is 3.33. The lowest BCUT2D eigenvalue weighted by Gasteiger charge is -2.05. The predicted molar refractivity (Wildman–Crippen MR) is 87.5 cm³/mol. The average molecular weight is 336 g/mol. The summed E-state index contributed by atoms with van der Waals surface area (Å²) in [6, 6.07) is 9.74. The fourth-order valence-electron chi connectivity index (χ4n) is 3.08. The Bertz CT molecular complexity index is 1050. The van der Waals surface area contributed by atoms with Gasteiger partial charge in [-0.1, -0.05) is 12.1 Å². The fourth-order valence-corrected chi connectivity index (χ4v) is 3.08. The van der Waals surface area contributed by atoms with Gasteiger partial charge in [-0.15, -0.1) is 0 Å². The van der Waals surface area contributed by atoms with E-state index in [0.717, 1.165) is 12.0 Å². The summed E-state index contributed by atoms with van der Waals surface area (Å²) in [7, 11) is 0. The predicted octanol–water partition coefficient (Wildman–Crippen LogP) is 2.68. The number of aromatic nitrogens is 3. The Labute approximate surface area is 141 Å². The van der Waals surface area contributed by atoms with E-state index < -0.39 is 5.82 Å². The van der Waals surface area contributed by atoms with Gasteiger partial charge in [0.2, 0.25) is 5.88 Å². The first kappa shape index (κ1) is 15.1. The van der Waals surface area contributed by atoms with E-state index in [4.69, 9.17) is 5.26 Å². The minimum absolute atomic E-state index is 0.00190. The van der Waals surface area contributed by atoms with Crippen LogP contribution in [0.2, 0.25) is 0 Å². The second-order valence-corrected chi connectivity index (χ2v) is 6.01. The highest BCUT2D eigenvalue weighted by atomic mass is 19.1. The van der Waals surface area contributed by atoms with Crippen molar-refractivity contribution in [3.05, 3.63) is 70.2 Å². The Morgan fingerprint density at radius 3 is 2.80 bits per heavy atom. The van der Waals surface area contributed by atoms with Crippen molar-refractivity contribution in [1.29, 1.82) is 5.26 Å². The zero-order valence-electron chi connectivity index (χ0n) is 13.0. The van der Waals surface area contributed by atoms with Crippen LogP contribution < -0.4 is 5.69 Å². The largest absolute Gasteiger partial charge is 0.493 e. The number of halogens is 1. The quantitative estimate of drug-likeness (QED) is 0.769. The molecule has 1 aliphatic rings. The first-order valence-electron chi connectivity index (χ1n) is 7.73. The molecule has 0 spiro atoms. The number of aromatic amines is 1. The number of nitriles is 1. The molecule has 0 amide bonds. The van der Waals surface area contributed by atoms with Gasteiger partial charge >= 0.3 is 5.69 Å². The van der Waals surface area contributed by atoms with Crippen LogP contribution in [0.15, 0.2) is 47.5 Å². The number of imidazole rings is 1. The maximum atomic E-state index is 13.7. The number of H-pyrrole nitrogens is 1. The summed E-state index contributed by atoms with van der Waals surface area (Å²) in [6.45, 7) is 0. The lowest BCUT2D eigenvalue weighted by molar-refractivity contribution is 0.413. The molecule has 25 heavy (non-hydrogen) atoms. The monoisotopic (exact) mass is 336 g/mol. The second kappa shape index (κ2) is 5.60. The van der Waals surface area contributed by atoms with Crippen molar-refractivity contribution < 1.29 is 9.50 Å². The van der Waals surface area contributed by atoms with Crippen LogP contribution in [-0.4, -0.2) is 19.6 Å². The Morgan fingerprint density at radius 2 is 2.20 bits per heavy atom. The molecule has 7 heteroatoms. The van der Waals surface area contributed by atoms with Crippen LogP contribution in [0.3, 0.4) is 0 Å². The molecule has 1 aliphatic carbocycles. The van der Waals surface area contributed by atoms with E-state index in [-0.39, 0.29) is 29.1 Å². The first-order valence-corrected chi connectivity index (χ1v) is 7.73. The van der Waals surface area contributed by atoms with Gasteiger partial charge in [-0.05, 0) is 30.2 Å². The molecule has 3 aromatic rings. The summed E-state index contributed by atoms with van der Waals surface area (Å²) >= 11 is 0. The minimum atomic E-state index is -0.574. The summed E-state index contributed by atoms with van der Waals surface area (Å²) in [5, 5.41) is 18.5. The van der Waals surface area contributed by atoms with E-state index >= 15 is 0 Å². The lowest BCUT2D eigenvalue weighted by Crippen LogP contribution is -2.15. The van der Waals surface area contributed by atoms with Crippen LogP contribution >= 0.6 is 0 Å². The van der Waals surface area contributed by atoms with Gasteiger partial charge in [-0.25, -0.2) is 9.18 Å². The van der Waals surface area contributed by atoms with Gasteiger partial charge in [0.05, 0.1) is 17.5 Å². The van der Waals surface area contributed by atoms with Gasteiger partial charge in [-0.2, -0.15) is 5.26 Å². The molecule has 124 valence electrons. The molecule has 2 N–H and O–H groups in total. The maximum absolute atomic E-state index is 13.7. The molecule has 0 aliphatic heterocycles. The van der Waals surface area contributed by atoms with Crippen molar-refractivity contribution in [1.82, 2.24) is 14.5 Å². The number of pyridine rings is 1. The van der Waals surface area contributed by atoms with Gasteiger partial charge in [0.25, 0.3) is 0 Å². The Balaban J connectivity index is 1.57. The van der Waals surface area contributed by atoms with E-state index in [1.807, 2.05) is 6.07 Å². The molecule has 1 saturated carbocycles. The highest BCUT2D eigenvalue weighted by molar-refractivity contribution is 5.60. The summed E-state index contributed by atoms with van der Waals surface area (Å²) in [4.78, 5) is 18.5. The Kier molecular flexibility index (Phi) is 3.39. The fraction of sp³-hybridized carbons (Fsp3) is 0.167. The summed E-state index contributed by atoms with van der Waals surface area (Å²) in [5.74, 6) is -0.538. The van der Waals surface area contributed by atoms with Gasteiger partial charge < -0.3 is 10.1 Å². The molecular weight excluding hydrogens is 323 g/mol. The third-order valence-corrected chi connectivity index (χ3v) is 4.48. The maximum Gasteiger partial charge on any atom is 0.328 e. The minimum Gasteiger partial charge on any atom is -0.493 e. The highest BCUT2D eigenvalue weighted by Crippen LogP contribution is 2.51. The van der Waals surface area contributed by atoms with Crippen LogP contribution in [0.4, 0.5) is 4.39 Å². The van der Waals surface area contributed by atoms with E-state index in [2.05, 4.69) is 9.97 Å². The van der Waals surface area contributed by atoms with Crippen molar-refractivity contribution in [2.24, 2.45) is 0 Å². The zero-order valence-corrected chi connectivity index (χ0v) is 13.0. The summed E-state index contributed by atoms with van der Waals surface area (Å²) < 4.78 is 15.1. The third kappa shape index (κ3) is 2.58. The van der Waals surface area contributed by atoms with Crippen LogP contribution in [0.5, 0.6) is 5.88 Å². The number of rotatable bonds is 3. The van der Waals surface area contributed by atoms with Crippen LogP contribution in [0, 0.1) is 17.1 Å². The summed E-state index contributed by atoms with van der Waals surface area (Å²) in [5.41, 5.74) is 1.82. The van der Waals surface area contributed by atoms with Crippen molar-refractivity contribution >= 4 is 0 Å². The van der Waals surface area contributed by atoms with E-state index in [9.17, 15) is 14.3 Å². The topological polar surface area (TPSA) is 94.7 Å². The van der Waals surface area contributed by atoms with Crippen molar-refractivity contribution in [2.75, 3.05) is 0 Å². The lowest BCUT2D eigenvalue weighted by atomic mass is 10.1. The Morgan fingerprint density at radius 1 is 1.36 bits per heavy atom. The molecule has 2 heterocycles. The van der Waals surface area contributed by atoms with Crippen molar-refractivity contribution in [2.45, 2.75) is 18.4 Å².